The van der Waals surface area contributed by atoms with Gasteiger partial charge in [0.25, 0.3) is 0 Å². The molecule has 0 bridgehead atoms. The highest BCUT2D eigenvalue weighted by molar-refractivity contribution is 9.10. The number of nitriles is 1. The molecule has 2 rings (SSSR count). The molecule has 1 N–H and O–H groups in total. The zero-order valence-corrected chi connectivity index (χ0v) is 9.35. The van der Waals surface area contributed by atoms with E-state index in [1.165, 1.54) is 0 Å². The number of aromatic nitrogens is 2. The molecule has 5 heteroatoms. The Morgan fingerprint density at radius 1 is 1.57 bits per heavy atom. The standard InChI is InChI=1S/C9H5BrClN3/c10-9-13-7-5(3-4-12)1-2-6(11)8(7)14-9/h1-2H,3H2,(H,13,14). The van der Waals surface area contributed by atoms with Crippen LogP contribution in [0.1, 0.15) is 5.56 Å². The van der Waals surface area contributed by atoms with Crippen molar-refractivity contribution >= 4 is 38.6 Å². The summed E-state index contributed by atoms with van der Waals surface area (Å²) in [5.41, 5.74) is 2.41. The lowest BCUT2D eigenvalue weighted by Crippen LogP contribution is -1.84. The molecule has 0 fully saturated rings. The van der Waals surface area contributed by atoms with Gasteiger partial charge >= 0.3 is 0 Å². The number of nitrogens with one attached hydrogen (secondary N) is 1. The Hall–Kier alpha value is -1.05. The van der Waals surface area contributed by atoms with Crippen LogP contribution in [0.3, 0.4) is 0 Å². The number of H-pyrrole nitrogens is 1. The number of benzene rings is 1. The Morgan fingerprint density at radius 2 is 2.36 bits per heavy atom. The average Bonchev–Trinajstić information content (AvgIpc) is 2.53. The monoisotopic (exact) mass is 269 g/mol. The molecule has 0 aliphatic heterocycles. The van der Waals surface area contributed by atoms with E-state index < -0.39 is 0 Å². The van der Waals surface area contributed by atoms with Crippen LogP contribution in [0.2, 0.25) is 5.02 Å². The van der Waals surface area contributed by atoms with E-state index in [0.717, 1.165) is 16.6 Å². The Balaban J connectivity index is 2.75. The van der Waals surface area contributed by atoms with E-state index in [9.17, 15) is 0 Å². The average molecular weight is 271 g/mol. The van der Waals surface area contributed by atoms with Crippen LogP contribution >= 0.6 is 27.5 Å². The second-order valence-electron chi connectivity index (χ2n) is 2.79. The van der Waals surface area contributed by atoms with Gasteiger partial charge in [-0.1, -0.05) is 17.7 Å². The van der Waals surface area contributed by atoms with Crippen LogP contribution in [0, 0.1) is 11.3 Å². The Bertz CT molecular complexity index is 527. The van der Waals surface area contributed by atoms with Crippen molar-refractivity contribution in [1.29, 1.82) is 5.26 Å². The topological polar surface area (TPSA) is 52.5 Å². The molecule has 3 nitrogen and oxygen atoms in total. The van der Waals surface area contributed by atoms with Gasteiger partial charge in [0.2, 0.25) is 0 Å². The summed E-state index contributed by atoms with van der Waals surface area (Å²) in [7, 11) is 0. The summed E-state index contributed by atoms with van der Waals surface area (Å²) in [5, 5.41) is 9.23. The first-order valence-corrected chi connectivity index (χ1v) is 5.09. The summed E-state index contributed by atoms with van der Waals surface area (Å²) in [6, 6.07) is 5.68. The summed E-state index contributed by atoms with van der Waals surface area (Å²) in [5.74, 6) is 0. The number of imidazole rings is 1. The zero-order valence-electron chi connectivity index (χ0n) is 7.01. The minimum atomic E-state index is 0.338. The van der Waals surface area contributed by atoms with Gasteiger partial charge in [-0.3, -0.25) is 0 Å². The molecule has 14 heavy (non-hydrogen) atoms. The fourth-order valence-electron chi connectivity index (χ4n) is 1.31. The zero-order chi connectivity index (χ0) is 10.1. The molecule has 0 amide bonds. The predicted octanol–water partition coefficient (Wildman–Crippen LogP) is 3.04. The summed E-state index contributed by atoms with van der Waals surface area (Å²) in [6.07, 6.45) is 0.338. The molecule has 70 valence electrons. The summed E-state index contributed by atoms with van der Waals surface area (Å²) in [4.78, 5) is 7.21. The fraction of sp³-hybridized carbons (Fsp3) is 0.111. The lowest BCUT2D eigenvalue weighted by molar-refractivity contribution is 1.24. The van der Waals surface area contributed by atoms with Gasteiger partial charge in [-0.15, -0.1) is 0 Å². The van der Waals surface area contributed by atoms with E-state index in [1.54, 1.807) is 6.07 Å². The minimum absolute atomic E-state index is 0.338. The van der Waals surface area contributed by atoms with Crippen molar-refractivity contribution in [3.05, 3.63) is 27.5 Å². The SMILES string of the molecule is N#CCc1ccc(Cl)c2[nH]c(Br)nc12. The number of nitrogens with zero attached hydrogens (tertiary/aromatic N) is 2. The first-order chi connectivity index (χ1) is 6.72. The van der Waals surface area contributed by atoms with Crippen molar-refractivity contribution < 1.29 is 0 Å². The molecule has 0 spiro atoms. The van der Waals surface area contributed by atoms with E-state index in [-0.39, 0.29) is 0 Å². The molecule has 1 aromatic heterocycles. The number of hydrogen-bond acceptors (Lipinski definition) is 2. The Kier molecular flexibility index (Phi) is 2.44. The van der Waals surface area contributed by atoms with Gasteiger partial charge in [-0.25, -0.2) is 4.98 Å². The highest BCUT2D eigenvalue weighted by atomic mass is 79.9. The second kappa shape index (κ2) is 3.60. The minimum Gasteiger partial charge on any atom is -0.331 e. The van der Waals surface area contributed by atoms with Gasteiger partial charge < -0.3 is 4.98 Å². The van der Waals surface area contributed by atoms with Crippen molar-refractivity contribution in [2.45, 2.75) is 6.42 Å². The maximum atomic E-state index is 8.62. The molecule has 0 aliphatic carbocycles. The molecule has 0 saturated carbocycles. The van der Waals surface area contributed by atoms with Crippen LogP contribution in [0.15, 0.2) is 16.9 Å². The van der Waals surface area contributed by atoms with Crippen LogP contribution < -0.4 is 0 Å². The third kappa shape index (κ3) is 1.49. The molecule has 0 saturated heterocycles. The smallest absolute Gasteiger partial charge is 0.175 e. The van der Waals surface area contributed by atoms with Crippen molar-refractivity contribution in [2.75, 3.05) is 0 Å². The molecule has 1 aromatic carbocycles. The maximum absolute atomic E-state index is 8.62. The summed E-state index contributed by atoms with van der Waals surface area (Å²) >= 11 is 9.20. The maximum Gasteiger partial charge on any atom is 0.175 e. The number of rotatable bonds is 1. The van der Waals surface area contributed by atoms with Crippen LogP contribution in [0.4, 0.5) is 0 Å². The Labute approximate surface area is 93.8 Å². The van der Waals surface area contributed by atoms with Crippen molar-refractivity contribution in [3.63, 3.8) is 0 Å². The van der Waals surface area contributed by atoms with Gasteiger partial charge in [0.1, 0.15) is 0 Å². The molecule has 1 heterocycles. The second-order valence-corrected chi connectivity index (χ2v) is 3.95. The van der Waals surface area contributed by atoms with Crippen LogP contribution in [-0.2, 0) is 6.42 Å². The third-order valence-electron chi connectivity index (χ3n) is 1.92. The largest absolute Gasteiger partial charge is 0.331 e. The first-order valence-electron chi connectivity index (χ1n) is 3.92. The number of fused-ring (bicyclic) bond motifs is 1. The van der Waals surface area contributed by atoms with E-state index in [0.29, 0.717) is 16.2 Å². The van der Waals surface area contributed by atoms with Crippen LogP contribution in [-0.4, -0.2) is 9.97 Å². The molecule has 0 unspecified atom stereocenters. The Morgan fingerprint density at radius 3 is 3.07 bits per heavy atom. The van der Waals surface area contributed by atoms with Gasteiger partial charge in [0.05, 0.1) is 28.5 Å². The molecular formula is C9H5BrClN3. The van der Waals surface area contributed by atoms with E-state index in [1.807, 2.05) is 6.07 Å². The third-order valence-corrected chi connectivity index (χ3v) is 2.61. The van der Waals surface area contributed by atoms with Gasteiger partial charge in [-0.05, 0) is 27.6 Å². The van der Waals surface area contributed by atoms with Crippen molar-refractivity contribution in [1.82, 2.24) is 9.97 Å². The lowest BCUT2D eigenvalue weighted by atomic mass is 10.1. The van der Waals surface area contributed by atoms with E-state index in [4.69, 9.17) is 16.9 Å². The quantitative estimate of drug-likeness (QED) is 0.866. The van der Waals surface area contributed by atoms with Crippen LogP contribution in [0.5, 0.6) is 0 Å². The predicted molar refractivity (Wildman–Crippen MR) is 58.1 cm³/mol. The molecule has 0 aliphatic rings. The number of aromatic amines is 1. The van der Waals surface area contributed by atoms with Gasteiger partial charge in [0.15, 0.2) is 4.73 Å². The molecular weight excluding hydrogens is 265 g/mol. The highest BCUT2D eigenvalue weighted by Gasteiger charge is 2.08. The first kappa shape index (κ1) is 9.50. The van der Waals surface area contributed by atoms with Gasteiger partial charge in [0, 0.05) is 0 Å². The van der Waals surface area contributed by atoms with Crippen LogP contribution in [0.25, 0.3) is 11.0 Å². The molecule has 0 radical (unpaired) electrons. The fourth-order valence-corrected chi connectivity index (χ4v) is 1.89. The normalized spacial score (nSPS) is 10.4. The van der Waals surface area contributed by atoms with E-state index >= 15 is 0 Å². The summed E-state index contributed by atoms with van der Waals surface area (Å²) in [6.45, 7) is 0. The highest BCUT2D eigenvalue weighted by Crippen LogP contribution is 2.26. The lowest BCUT2D eigenvalue weighted by Gasteiger charge is -1.97. The molecule has 0 atom stereocenters. The number of hydrogen-bond donors (Lipinski definition) is 1. The molecule has 2 aromatic rings. The summed E-state index contributed by atoms with van der Waals surface area (Å²) < 4.78 is 0.625. The number of halogens is 2. The van der Waals surface area contributed by atoms with Crippen molar-refractivity contribution in [3.8, 4) is 6.07 Å². The van der Waals surface area contributed by atoms with Gasteiger partial charge in [-0.2, -0.15) is 5.26 Å². The van der Waals surface area contributed by atoms with E-state index in [2.05, 4.69) is 32.0 Å². The van der Waals surface area contributed by atoms with Crippen molar-refractivity contribution in [2.24, 2.45) is 0 Å².